The Hall–Kier alpha value is 1.12. The minimum Gasteiger partial charge on any atom is -0.284 e. The Kier molecular flexibility index (Phi) is 3.02. The molecule has 1 N–H and O–H groups in total. The smallest absolute Gasteiger partial charge is 0.284 e. The predicted octanol–water partition coefficient (Wildman–Crippen LogP) is 0.988. The number of alkyl halides is 2. The zero-order chi connectivity index (χ0) is 6.08. The third-order valence-electron chi connectivity index (χ3n) is 0.225. The highest BCUT2D eigenvalue weighted by Crippen LogP contribution is 2.14. The van der Waals surface area contributed by atoms with Crippen LogP contribution < -0.4 is 0 Å². The van der Waals surface area contributed by atoms with Gasteiger partial charge in [0.2, 0.25) is 0 Å². The molecule has 0 heterocycles. The summed E-state index contributed by atoms with van der Waals surface area (Å²) in [5.74, 6) is 0. The molecule has 0 aromatic heterocycles. The minimum atomic E-state index is -3.84. The quantitative estimate of drug-likeness (QED) is 0.446. The van der Waals surface area contributed by atoms with Crippen LogP contribution in [-0.2, 0) is 10.1 Å². The fourth-order valence-electron chi connectivity index (χ4n) is 0. The maximum absolute atomic E-state index is 9.83. The molecule has 0 rings (SSSR count). The van der Waals surface area contributed by atoms with E-state index in [9.17, 15) is 8.42 Å². The minimum absolute atomic E-state index is 0.891. The van der Waals surface area contributed by atoms with Crippen molar-refractivity contribution in [1.29, 1.82) is 0 Å². The molecule has 6 heteroatoms. The molecule has 0 amide bonds. The Morgan fingerprint density at radius 1 is 1.71 bits per heavy atom. The third-order valence-corrected chi connectivity index (χ3v) is 4.02. The Bertz CT molecular complexity index is 137. The summed E-state index contributed by atoms with van der Waals surface area (Å²) >= 11 is 4.17. The second-order valence-corrected chi connectivity index (χ2v) is 7.60. The van der Waals surface area contributed by atoms with Crippen molar-refractivity contribution >= 4 is 48.6 Å². The highest BCUT2D eigenvalue weighted by atomic mass is 127. The van der Waals surface area contributed by atoms with Crippen molar-refractivity contribution in [1.82, 2.24) is 0 Å². The molecule has 0 saturated heterocycles. The van der Waals surface area contributed by atoms with Gasteiger partial charge in [-0.3, -0.25) is 4.55 Å². The van der Waals surface area contributed by atoms with Gasteiger partial charge in [0.05, 0.1) is 0 Å². The topological polar surface area (TPSA) is 54.4 Å². The number of rotatable bonds is 1. The molecule has 0 bridgehead atoms. The van der Waals surface area contributed by atoms with Gasteiger partial charge in [-0.25, -0.2) is 0 Å². The van der Waals surface area contributed by atoms with Crippen LogP contribution >= 0.6 is 38.5 Å². The lowest BCUT2D eigenvalue weighted by Crippen LogP contribution is -2.04. The van der Waals surface area contributed by atoms with Crippen molar-refractivity contribution in [3.63, 3.8) is 0 Å². The summed E-state index contributed by atoms with van der Waals surface area (Å²) in [7, 11) is -3.84. The first-order valence-electron chi connectivity index (χ1n) is 1.19. The molecule has 0 aromatic rings. The van der Waals surface area contributed by atoms with E-state index < -0.39 is 12.3 Å². The zero-order valence-corrected chi connectivity index (χ0v) is 7.57. The fraction of sp³-hybridized carbons (Fsp3) is 1.00. The van der Waals surface area contributed by atoms with E-state index in [1.807, 2.05) is 0 Å². The average molecular weight is 301 g/mol. The summed E-state index contributed by atoms with van der Waals surface area (Å²) < 4.78 is 26.8. The molecular weight excluding hydrogens is 299 g/mol. The lowest BCUT2D eigenvalue weighted by atomic mass is 11.9. The van der Waals surface area contributed by atoms with Gasteiger partial charge in [-0.2, -0.15) is 8.42 Å². The van der Waals surface area contributed by atoms with Crippen LogP contribution in [0.3, 0.4) is 0 Å². The normalized spacial score (nSPS) is 16.4. The van der Waals surface area contributed by atoms with Crippen LogP contribution in [0.25, 0.3) is 0 Å². The van der Waals surface area contributed by atoms with Gasteiger partial charge in [0.25, 0.3) is 10.1 Å². The largest absolute Gasteiger partial charge is 0.287 e. The van der Waals surface area contributed by atoms with E-state index in [0.717, 1.165) is 0 Å². The van der Waals surface area contributed by atoms with Gasteiger partial charge in [-0.15, -0.1) is 0 Å². The monoisotopic (exact) mass is 300 g/mol. The van der Waals surface area contributed by atoms with E-state index in [2.05, 4.69) is 15.9 Å². The summed E-state index contributed by atoms with van der Waals surface area (Å²) in [4.78, 5) is 0. The second kappa shape index (κ2) is 2.60. The molecule has 0 radical (unpaired) electrons. The first-order chi connectivity index (χ1) is 2.94. The number of hydrogen-bond acceptors (Lipinski definition) is 2. The highest BCUT2D eigenvalue weighted by molar-refractivity contribution is 14.1. The molecule has 0 aliphatic heterocycles. The first kappa shape index (κ1) is 8.12. The van der Waals surface area contributed by atoms with E-state index in [1.165, 1.54) is 22.6 Å². The van der Waals surface area contributed by atoms with Crippen LogP contribution in [0, 0.1) is 0 Å². The number of halogens is 2. The summed E-state index contributed by atoms with van der Waals surface area (Å²) in [5.41, 5.74) is 0. The molecule has 0 spiro atoms. The lowest BCUT2D eigenvalue weighted by Gasteiger charge is -1.90. The van der Waals surface area contributed by atoms with Gasteiger partial charge in [0.15, 0.2) is 2.17 Å². The molecule has 0 saturated carbocycles. The summed E-state index contributed by atoms with van der Waals surface area (Å²) in [6, 6.07) is 0. The molecule has 1 unspecified atom stereocenters. The Morgan fingerprint density at radius 3 is 1.86 bits per heavy atom. The lowest BCUT2D eigenvalue weighted by molar-refractivity contribution is 0.488. The van der Waals surface area contributed by atoms with E-state index >= 15 is 0 Å². The maximum atomic E-state index is 9.83. The van der Waals surface area contributed by atoms with Crippen LogP contribution in [-0.4, -0.2) is 15.1 Å². The van der Waals surface area contributed by atoms with E-state index in [4.69, 9.17) is 4.55 Å². The second-order valence-electron chi connectivity index (χ2n) is 0.776. The fourth-order valence-corrected chi connectivity index (χ4v) is 0. The summed E-state index contributed by atoms with van der Waals surface area (Å²) in [5, 5.41) is 0. The standard InChI is InChI=1S/CH2BrIO3S/c2-1(3)7(4,5)6/h1H,(H,4,5,6). The first-order valence-corrected chi connectivity index (χ1v) is 4.85. The highest BCUT2D eigenvalue weighted by Gasteiger charge is 2.12. The molecule has 44 valence electrons. The molecule has 7 heavy (non-hydrogen) atoms. The predicted molar refractivity (Wildman–Crippen MR) is 38.3 cm³/mol. The van der Waals surface area contributed by atoms with E-state index in [-0.39, 0.29) is 0 Å². The van der Waals surface area contributed by atoms with Crippen molar-refractivity contribution in [2.24, 2.45) is 0 Å². The van der Waals surface area contributed by atoms with Crippen LogP contribution in [0.5, 0.6) is 0 Å². The van der Waals surface area contributed by atoms with Gasteiger partial charge < -0.3 is 0 Å². The van der Waals surface area contributed by atoms with Crippen molar-refractivity contribution in [2.75, 3.05) is 0 Å². The molecule has 0 aromatic carbocycles. The SMILES string of the molecule is O=S(=O)(O)C(Br)I. The Morgan fingerprint density at radius 2 is 1.86 bits per heavy atom. The Labute approximate surface area is 63.5 Å². The Balaban J connectivity index is 4.10. The van der Waals surface area contributed by atoms with Crippen LogP contribution in [0.15, 0.2) is 0 Å². The van der Waals surface area contributed by atoms with Gasteiger partial charge in [0, 0.05) is 0 Å². The van der Waals surface area contributed by atoms with Crippen molar-refractivity contribution in [3.8, 4) is 0 Å². The summed E-state index contributed by atoms with van der Waals surface area (Å²) in [6.07, 6.45) is 0. The van der Waals surface area contributed by atoms with Crippen LogP contribution in [0.4, 0.5) is 0 Å². The molecule has 0 aliphatic rings. The van der Waals surface area contributed by atoms with E-state index in [1.54, 1.807) is 0 Å². The van der Waals surface area contributed by atoms with Gasteiger partial charge in [0.1, 0.15) is 0 Å². The van der Waals surface area contributed by atoms with Gasteiger partial charge in [-0.1, -0.05) is 15.9 Å². The van der Waals surface area contributed by atoms with Gasteiger partial charge >= 0.3 is 0 Å². The van der Waals surface area contributed by atoms with Crippen molar-refractivity contribution < 1.29 is 13.0 Å². The zero-order valence-electron chi connectivity index (χ0n) is 3.01. The third kappa shape index (κ3) is 3.68. The van der Waals surface area contributed by atoms with Gasteiger partial charge in [-0.05, 0) is 22.6 Å². The summed E-state index contributed by atoms with van der Waals surface area (Å²) in [6.45, 7) is 0. The molecule has 0 aliphatic carbocycles. The molecule has 3 nitrogen and oxygen atoms in total. The van der Waals surface area contributed by atoms with Crippen LogP contribution in [0.2, 0.25) is 0 Å². The average Bonchev–Trinajstić information content (AvgIpc) is 1.31. The number of hydrogen-bond donors (Lipinski definition) is 1. The molecular formula is CH2BrIO3S. The van der Waals surface area contributed by atoms with E-state index in [0.29, 0.717) is 0 Å². The van der Waals surface area contributed by atoms with Crippen molar-refractivity contribution in [3.05, 3.63) is 0 Å². The maximum Gasteiger partial charge on any atom is 0.287 e. The van der Waals surface area contributed by atoms with Crippen molar-refractivity contribution in [2.45, 2.75) is 2.17 Å². The molecule has 0 fully saturated rings. The van der Waals surface area contributed by atoms with Crippen LogP contribution in [0.1, 0.15) is 0 Å². The molecule has 1 atom stereocenters.